The first-order valence-corrected chi connectivity index (χ1v) is 8.83. The predicted octanol–water partition coefficient (Wildman–Crippen LogP) is 3.29. The molecule has 3 nitrogen and oxygen atoms in total. The number of aliphatic hydroxyl groups is 1. The van der Waals surface area contributed by atoms with Gasteiger partial charge in [0.2, 0.25) is 0 Å². The van der Waals surface area contributed by atoms with Gasteiger partial charge < -0.3 is 15.3 Å². The molecule has 3 heteroatoms. The second-order valence-corrected chi connectivity index (χ2v) is 7.01. The summed E-state index contributed by atoms with van der Waals surface area (Å²) in [5, 5.41) is 13.0. The van der Waals surface area contributed by atoms with E-state index in [9.17, 15) is 5.11 Å². The Morgan fingerprint density at radius 1 is 1.18 bits per heavy atom. The molecule has 0 radical (unpaired) electrons. The molecule has 1 aromatic carbocycles. The lowest BCUT2D eigenvalue weighted by Gasteiger charge is -2.35. The zero-order valence-electron chi connectivity index (χ0n) is 14.2. The summed E-state index contributed by atoms with van der Waals surface area (Å²) >= 11 is 0. The summed E-state index contributed by atoms with van der Waals surface area (Å²) in [5.74, 6) is 1.32. The Kier molecular flexibility index (Phi) is 7.20. The molecule has 0 aliphatic carbocycles. The molecule has 22 heavy (non-hydrogen) atoms. The van der Waals surface area contributed by atoms with Gasteiger partial charge in [0.05, 0.1) is 0 Å². The van der Waals surface area contributed by atoms with Crippen LogP contribution < -0.4 is 10.2 Å². The number of aliphatic hydroxyl groups excluding tert-OH is 1. The van der Waals surface area contributed by atoms with Gasteiger partial charge in [0.1, 0.15) is 0 Å². The zero-order valence-corrected chi connectivity index (χ0v) is 14.2. The van der Waals surface area contributed by atoms with E-state index in [2.05, 4.69) is 54.4 Å². The van der Waals surface area contributed by atoms with Gasteiger partial charge in [-0.05, 0) is 56.2 Å². The molecule has 0 aromatic heterocycles. The van der Waals surface area contributed by atoms with Gasteiger partial charge in [-0.1, -0.05) is 32.0 Å². The molecule has 1 heterocycles. The molecule has 1 unspecified atom stereocenters. The van der Waals surface area contributed by atoms with E-state index >= 15 is 0 Å². The van der Waals surface area contributed by atoms with Crippen molar-refractivity contribution in [1.82, 2.24) is 5.32 Å². The van der Waals surface area contributed by atoms with Gasteiger partial charge in [-0.3, -0.25) is 0 Å². The van der Waals surface area contributed by atoms with Crippen molar-refractivity contribution in [2.45, 2.75) is 45.6 Å². The summed E-state index contributed by atoms with van der Waals surface area (Å²) in [4.78, 5) is 2.48. The number of hydrogen-bond donors (Lipinski definition) is 2. The highest BCUT2D eigenvalue weighted by Crippen LogP contribution is 2.20. The van der Waals surface area contributed by atoms with Gasteiger partial charge in [-0.2, -0.15) is 0 Å². The quantitative estimate of drug-likeness (QED) is 0.773. The molecule has 1 fully saturated rings. The van der Waals surface area contributed by atoms with Crippen molar-refractivity contribution >= 4 is 5.69 Å². The molecule has 0 amide bonds. The molecule has 1 saturated heterocycles. The lowest BCUT2D eigenvalue weighted by Crippen LogP contribution is -2.44. The minimum absolute atomic E-state index is 0.311. The summed E-state index contributed by atoms with van der Waals surface area (Å²) in [6.07, 6.45) is 4.55. The van der Waals surface area contributed by atoms with E-state index in [1.54, 1.807) is 0 Å². The maximum absolute atomic E-state index is 9.21. The Morgan fingerprint density at radius 2 is 1.86 bits per heavy atom. The van der Waals surface area contributed by atoms with E-state index in [1.165, 1.54) is 24.9 Å². The third kappa shape index (κ3) is 5.62. The third-order valence-corrected chi connectivity index (χ3v) is 4.65. The number of nitrogens with zero attached hydrogens (tertiary/aromatic N) is 1. The molecule has 124 valence electrons. The van der Waals surface area contributed by atoms with Gasteiger partial charge in [-0.15, -0.1) is 0 Å². The Labute approximate surface area is 135 Å². The number of benzene rings is 1. The maximum atomic E-state index is 9.21. The van der Waals surface area contributed by atoms with Gasteiger partial charge in [-0.25, -0.2) is 0 Å². The third-order valence-electron chi connectivity index (χ3n) is 4.65. The van der Waals surface area contributed by atoms with Crippen LogP contribution in [-0.4, -0.2) is 37.4 Å². The van der Waals surface area contributed by atoms with E-state index in [4.69, 9.17) is 0 Å². The molecule has 2 rings (SSSR count). The summed E-state index contributed by atoms with van der Waals surface area (Å²) in [6, 6.07) is 11.3. The number of piperidine rings is 1. The van der Waals surface area contributed by atoms with Crippen LogP contribution in [0.2, 0.25) is 0 Å². The summed E-state index contributed by atoms with van der Waals surface area (Å²) in [6.45, 7) is 8.17. The van der Waals surface area contributed by atoms with Crippen LogP contribution >= 0.6 is 0 Å². The van der Waals surface area contributed by atoms with E-state index in [-0.39, 0.29) is 0 Å². The summed E-state index contributed by atoms with van der Waals surface area (Å²) in [5.41, 5.74) is 1.35. The van der Waals surface area contributed by atoms with Crippen LogP contribution in [0.1, 0.15) is 39.5 Å². The minimum Gasteiger partial charge on any atom is -0.396 e. The van der Waals surface area contributed by atoms with Crippen molar-refractivity contribution < 1.29 is 5.11 Å². The molecule has 0 saturated carbocycles. The van der Waals surface area contributed by atoms with Crippen LogP contribution in [0.4, 0.5) is 5.69 Å². The van der Waals surface area contributed by atoms with E-state index in [0.717, 1.165) is 26.1 Å². The highest BCUT2D eigenvalue weighted by molar-refractivity contribution is 5.46. The first-order valence-electron chi connectivity index (χ1n) is 8.83. The zero-order chi connectivity index (χ0) is 15.8. The van der Waals surface area contributed by atoms with Crippen molar-refractivity contribution in [2.24, 2.45) is 11.8 Å². The van der Waals surface area contributed by atoms with Crippen molar-refractivity contribution in [3.8, 4) is 0 Å². The van der Waals surface area contributed by atoms with E-state index in [0.29, 0.717) is 24.5 Å². The molecule has 2 N–H and O–H groups in total. The number of anilines is 1. The molecule has 1 atom stereocenters. The first kappa shape index (κ1) is 17.3. The van der Waals surface area contributed by atoms with Gasteiger partial charge in [0.25, 0.3) is 0 Å². The van der Waals surface area contributed by atoms with E-state index < -0.39 is 0 Å². The number of nitrogens with one attached hydrogen (secondary N) is 1. The maximum Gasteiger partial charge on any atom is 0.0434 e. The molecule has 1 aliphatic rings. The summed E-state index contributed by atoms with van der Waals surface area (Å²) in [7, 11) is 0. The molecule has 0 spiro atoms. The van der Waals surface area contributed by atoms with Gasteiger partial charge in [0, 0.05) is 31.4 Å². The van der Waals surface area contributed by atoms with Crippen LogP contribution in [0.3, 0.4) is 0 Å². The fourth-order valence-corrected chi connectivity index (χ4v) is 3.47. The topological polar surface area (TPSA) is 35.5 Å². The van der Waals surface area contributed by atoms with Crippen molar-refractivity contribution in [3.63, 3.8) is 0 Å². The van der Waals surface area contributed by atoms with Crippen LogP contribution in [0.15, 0.2) is 30.3 Å². The molecule has 0 bridgehead atoms. The lowest BCUT2D eigenvalue weighted by molar-refractivity contribution is 0.233. The Morgan fingerprint density at radius 3 is 2.45 bits per heavy atom. The average molecular weight is 304 g/mol. The standard InChI is InChI=1S/C19H32N2O/c1-16(2)14-17(10-13-22)15-20-18-8-11-21(12-9-18)19-6-4-3-5-7-19/h3-7,16-18,20,22H,8-15H2,1-2H3. The van der Waals surface area contributed by atoms with Crippen LogP contribution in [0.5, 0.6) is 0 Å². The van der Waals surface area contributed by atoms with Crippen LogP contribution in [0, 0.1) is 11.8 Å². The van der Waals surface area contributed by atoms with Crippen molar-refractivity contribution in [3.05, 3.63) is 30.3 Å². The monoisotopic (exact) mass is 304 g/mol. The second kappa shape index (κ2) is 9.16. The highest BCUT2D eigenvalue weighted by Gasteiger charge is 2.20. The van der Waals surface area contributed by atoms with Crippen LogP contribution in [0.25, 0.3) is 0 Å². The second-order valence-electron chi connectivity index (χ2n) is 7.01. The molecule has 1 aromatic rings. The SMILES string of the molecule is CC(C)CC(CCO)CNC1CCN(c2ccccc2)CC1. The van der Waals surface area contributed by atoms with Crippen LogP contribution in [-0.2, 0) is 0 Å². The summed E-state index contributed by atoms with van der Waals surface area (Å²) < 4.78 is 0. The smallest absolute Gasteiger partial charge is 0.0434 e. The first-order chi connectivity index (χ1) is 10.7. The predicted molar refractivity (Wildman–Crippen MR) is 94.3 cm³/mol. The Bertz CT molecular complexity index is 399. The van der Waals surface area contributed by atoms with Crippen molar-refractivity contribution in [1.29, 1.82) is 0 Å². The average Bonchev–Trinajstić information content (AvgIpc) is 2.54. The largest absolute Gasteiger partial charge is 0.396 e. The van der Waals surface area contributed by atoms with E-state index in [1.807, 2.05) is 0 Å². The Balaban J connectivity index is 1.72. The molecule has 1 aliphatic heterocycles. The van der Waals surface area contributed by atoms with Gasteiger partial charge >= 0.3 is 0 Å². The number of hydrogen-bond acceptors (Lipinski definition) is 3. The van der Waals surface area contributed by atoms with Crippen molar-refractivity contribution in [2.75, 3.05) is 31.1 Å². The normalized spacial score (nSPS) is 17.9. The molecular formula is C19H32N2O. The molecular weight excluding hydrogens is 272 g/mol. The lowest BCUT2D eigenvalue weighted by atomic mass is 9.93. The number of para-hydroxylation sites is 1. The highest BCUT2D eigenvalue weighted by atomic mass is 16.3. The number of rotatable bonds is 8. The van der Waals surface area contributed by atoms with Gasteiger partial charge in [0.15, 0.2) is 0 Å². The fourth-order valence-electron chi connectivity index (χ4n) is 3.47. The fraction of sp³-hybridized carbons (Fsp3) is 0.684. The minimum atomic E-state index is 0.311. The Hall–Kier alpha value is -1.06.